The number of hydrazone groups is 1. The van der Waals surface area contributed by atoms with E-state index in [0.717, 1.165) is 20.8 Å². The number of anilines is 1. The van der Waals surface area contributed by atoms with Crippen LogP contribution in [0.25, 0.3) is 10.2 Å². The first kappa shape index (κ1) is 28.7. The zero-order chi connectivity index (χ0) is 29.9. The molecule has 212 valence electrons. The highest BCUT2D eigenvalue weighted by molar-refractivity contribution is 7.89. The van der Waals surface area contributed by atoms with E-state index >= 15 is 0 Å². The fraction of sp³-hybridized carbons (Fsp3) is 0.100. The molecule has 5 aromatic rings. The largest absolute Gasteiger partial charge is 0.280 e. The summed E-state index contributed by atoms with van der Waals surface area (Å²) < 4.78 is 28.5. The number of nitro benzene ring substituents is 1. The fourth-order valence-corrected chi connectivity index (χ4v) is 6.28. The van der Waals surface area contributed by atoms with Crippen LogP contribution in [-0.2, 0) is 16.6 Å². The van der Waals surface area contributed by atoms with Crippen molar-refractivity contribution in [3.8, 4) is 0 Å². The second-order valence-corrected chi connectivity index (χ2v) is 12.5. The number of hydrogen-bond donors (Lipinski definition) is 0. The van der Waals surface area contributed by atoms with Crippen LogP contribution in [0.15, 0.2) is 107 Å². The SMILES string of the molecule is Cc1ccc2nc(N(/N=C/c3ccc([N+](=O)[O-])cc3)C(=O)c3ccc(S(=O)(=O)N(C)Cc4ccccc4)cc3)sc2c1. The van der Waals surface area contributed by atoms with Crippen molar-refractivity contribution in [3.05, 3.63) is 129 Å². The summed E-state index contributed by atoms with van der Waals surface area (Å²) in [7, 11) is -2.30. The van der Waals surface area contributed by atoms with E-state index in [4.69, 9.17) is 0 Å². The summed E-state index contributed by atoms with van der Waals surface area (Å²) in [4.78, 5) is 28.9. The van der Waals surface area contributed by atoms with Gasteiger partial charge in [0.1, 0.15) is 0 Å². The Hall–Kier alpha value is -4.78. The van der Waals surface area contributed by atoms with Gasteiger partial charge in [-0.25, -0.2) is 13.4 Å². The summed E-state index contributed by atoms with van der Waals surface area (Å²) in [6, 6.07) is 26.4. The van der Waals surface area contributed by atoms with Crippen molar-refractivity contribution in [1.82, 2.24) is 9.29 Å². The van der Waals surface area contributed by atoms with Crippen LogP contribution >= 0.6 is 11.3 Å². The number of benzene rings is 4. The molecule has 0 atom stereocenters. The Balaban J connectivity index is 1.44. The number of nitro groups is 1. The zero-order valence-corrected chi connectivity index (χ0v) is 24.2. The summed E-state index contributed by atoms with van der Waals surface area (Å²) in [6.07, 6.45) is 1.41. The van der Waals surface area contributed by atoms with E-state index in [1.807, 2.05) is 55.5 Å². The lowest BCUT2D eigenvalue weighted by Crippen LogP contribution is -2.27. The molecule has 0 bridgehead atoms. The Kier molecular flexibility index (Phi) is 8.20. The molecule has 12 heteroatoms. The highest BCUT2D eigenvalue weighted by atomic mass is 32.2. The molecule has 0 saturated heterocycles. The van der Waals surface area contributed by atoms with E-state index in [0.29, 0.717) is 16.2 Å². The maximum Gasteiger partial charge on any atom is 0.280 e. The van der Waals surface area contributed by atoms with Gasteiger partial charge >= 0.3 is 0 Å². The summed E-state index contributed by atoms with van der Waals surface area (Å²) in [5.41, 5.74) is 3.27. The standard InChI is InChI=1S/C30H25N5O5S2/c1-21-8-17-27-28(18-21)41-30(32-27)34(31-19-22-9-13-25(14-10-22)35(37)38)29(36)24-11-15-26(16-12-24)42(39,40)33(2)20-23-6-4-3-5-7-23/h3-19H,20H2,1-2H3/b31-19+. The van der Waals surface area contributed by atoms with E-state index in [1.54, 1.807) is 0 Å². The van der Waals surface area contributed by atoms with Crippen molar-refractivity contribution < 1.29 is 18.1 Å². The van der Waals surface area contributed by atoms with Crippen LogP contribution in [0.2, 0.25) is 0 Å². The van der Waals surface area contributed by atoms with Gasteiger partial charge in [0.2, 0.25) is 15.2 Å². The van der Waals surface area contributed by atoms with Gasteiger partial charge in [0.15, 0.2) is 0 Å². The third kappa shape index (κ3) is 6.25. The molecule has 42 heavy (non-hydrogen) atoms. The number of rotatable bonds is 9. The van der Waals surface area contributed by atoms with Gasteiger partial charge in [0.05, 0.1) is 26.3 Å². The third-order valence-electron chi connectivity index (χ3n) is 6.39. The van der Waals surface area contributed by atoms with E-state index in [2.05, 4.69) is 10.1 Å². The van der Waals surface area contributed by atoms with E-state index < -0.39 is 20.9 Å². The van der Waals surface area contributed by atoms with Gasteiger partial charge in [-0.3, -0.25) is 14.9 Å². The van der Waals surface area contributed by atoms with Crippen molar-refractivity contribution in [1.29, 1.82) is 0 Å². The van der Waals surface area contributed by atoms with Crippen molar-refractivity contribution in [3.63, 3.8) is 0 Å². The zero-order valence-electron chi connectivity index (χ0n) is 22.6. The average Bonchev–Trinajstić information content (AvgIpc) is 3.40. The topological polar surface area (TPSA) is 126 Å². The number of aryl methyl sites for hydroxylation is 1. The van der Waals surface area contributed by atoms with Crippen LogP contribution in [0.5, 0.6) is 0 Å². The Morgan fingerprint density at radius 3 is 2.36 bits per heavy atom. The number of amides is 1. The lowest BCUT2D eigenvalue weighted by Gasteiger charge is -2.18. The monoisotopic (exact) mass is 599 g/mol. The van der Waals surface area contributed by atoms with Crippen molar-refractivity contribution >= 4 is 54.5 Å². The molecule has 1 heterocycles. The molecule has 0 unspecified atom stereocenters. The predicted molar refractivity (Wildman–Crippen MR) is 163 cm³/mol. The lowest BCUT2D eigenvalue weighted by molar-refractivity contribution is -0.384. The molecular formula is C30H25N5O5S2. The van der Waals surface area contributed by atoms with Gasteiger partial charge in [-0.15, -0.1) is 0 Å². The van der Waals surface area contributed by atoms with Crippen LogP contribution in [0.4, 0.5) is 10.8 Å². The Morgan fingerprint density at radius 2 is 1.69 bits per heavy atom. The molecular weight excluding hydrogens is 574 g/mol. The molecule has 4 aromatic carbocycles. The molecule has 0 aliphatic carbocycles. The van der Waals surface area contributed by atoms with Gasteiger partial charge in [0, 0.05) is 31.3 Å². The molecule has 10 nitrogen and oxygen atoms in total. The summed E-state index contributed by atoms with van der Waals surface area (Å²) in [5, 5.41) is 16.8. The molecule has 0 aliphatic rings. The molecule has 1 aromatic heterocycles. The van der Waals surface area contributed by atoms with Crippen LogP contribution in [0, 0.1) is 17.0 Å². The van der Waals surface area contributed by atoms with Gasteiger partial charge in [0.25, 0.3) is 11.6 Å². The Labute approximate surface area is 246 Å². The van der Waals surface area contributed by atoms with Crippen molar-refractivity contribution in [2.24, 2.45) is 5.10 Å². The predicted octanol–water partition coefficient (Wildman–Crippen LogP) is 6.01. The highest BCUT2D eigenvalue weighted by Gasteiger charge is 2.24. The average molecular weight is 600 g/mol. The number of aromatic nitrogens is 1. The Bertz CT molecular complexity index is 1890. The number of carbonyl (C=O) groups is 1. The maximum absolute atomic E-state index is 13.7. The first-order valence-electron chi connectivity index (χ1n) is 12.7. The van der Waals surface area contributed by atoms with Gasteiger partial charge in [-0.1, -0.05) is 47.7 Å². The number of non-ortho nitro benzene ring substituents is 1. The van der Waals surface area contributed by atoms with Crippen LogP contribution in [0.1, 0.15) is 27.0 Å². The summed E-state index contributed by atoms with van der Waals surface area (Å²) in [5.74, 6) is -0.523. The number of sulfonamides is 1. The number of fused-ring (bicyclic) bond motifs is 1. The van der Waals surface area contributed by atoms with E-state index in [1.165, 1.54) is 77.4 Å². The molecule has 0 N–H and O–H groups in total. The van der Waals surface area contributed by atoms with Gasteiger partial charge in [-0.05, 0) is 72.1 Å². The first-order valence-corrected chi connectivity index (χ1v) is 15.0. The smallest absolute Gasteiger partial charge is 0.267 e. The molecule has 0 spiro atoms. The minimum absolute atomic E-state index is 0.0499. The summed E-state index contributed by atoms with van der Waals surface area (Å²) in [6.45, 7) is 2.16. The molecule has 0 fully saturated rings. The van der Waals surface area contributed by atoms with Crippen LogP contribution in [-0.4, -0.2) is 41.8 Å². The number of nitrogens with zero attached hydrogens (tertiary/aromatic N) is 5. The fourth-order valence-electron chi connectivity index (χ4n) is 4.10. The number of thiazole rings is 1. The normalized spacial score (nSPS) is 11.8. The van der Waals surface area contributed by atoms with Gasteiger partial charge < -0.3 is 0 Å². The number of carbonyl (C=O) groups excluding carboxylic acids is 1. The van der Waals surface area contributed by atoms with Crippen LogP contribution in [0.3, 0.4) is 0 Å². The van der Waals surface area contributed by atoms with Crippen molar-refractivity contribution in [2.75, 3.05) is 12.1 Å². The second-order valence-electron chi connectivity index (χ2n) is 9.45. The van der Waals surface area contributed by atoms with Gasteiger partial charge in [-0.2, -0.15) is 14.4 Å². The maximum atomic E-state index is 13.7. The summed E-state index contributed by atoms with van der Waals surface area (Å²) >= 11 is 1.28. The van der Waals surface area contributed by atoms with E-state index in [-0.39, 0.29) is 22.7 Å². The second kappa shape index (κ2) is 12.0. The Morgan fingerprint density at radius 1 is 1.00 bits per heavy atom. The van der Waals surface area contributed by atoms with Crippen molar-refractivity contribution in [2.45, 2.75) is 18.4 Å². The highest BCUT2D eigenvalue weighted by Crippen LogP contribution is 2.31. The quantitative estimate of drug-likeness (QED) is 0.116. The lowest BCUT2D eigenvalue weighted by atomic mass is 10.2. The molecule has 1 amide bonds. The first-order chi connectivity index (χ1) is 20.1. The third-order valence-corrected chi connectivity index (χ3v) is 9.20. The number of hydrogen-bond acceptors (Lipinski definition) is 8. The molecule has 0 saturated carbocycles. The minimum atomic E-state index is -3.81. The minimum Gasteiger partial charge on any atom is -0.267 e. The van der Waals surface area contributed by atoms with Crippen LogP contribution < -0.4 is 5.01 Å². The molecule has 0 radical (unpaired) electrons. The molecule has 5 rings (SSSR count). The molecule has 0 aliphatic heterocycles. The van der Waals surface area contributed by atoms with E-state index in [9.17, 15) is 23.3 Å².